The molecule has 0 bridgehead atoms. The minimum atomic E-state index is -0.201. The summed E-state index contributed by atoms with van der Waals surface area (Å²) in [5.41, 5.74) is 3.40. The van der Waals surface area contributed by atoms with Crippen molar-refractivity contribution in [3.8, 4) is 0 Å². The number of aryl methyl sites for hydroxylation is 1. The van der Waals surface area contributed by atoms with Gasteiger partial charge in [0.1, 0.15) is 11.6 Å². The van der Waals surface area contributed by atoms with E-state index in [1.54, 1.807) is 30.5 Å². The van der Waals surface area contributed by atoms with Crippen molar-refractivity contribution in [2.24, 2.45) is 0 Å². The summed E-state index contributed by atoms with van der Waals surface area (Å²) in [4.78, 5) is 16.5. The molecule has 138 valence electrons. The Morgan fingerprint density at radius 1 is 1.00 bits per heavy atom. The fourth-order valence-corrected chi connectivity index (χ4v) is 2.75. The number of benzene rings is 2. The third-order valence-electron chi connectivity index (χ3n) is 4.38. The zero-order valence-corrected chi connectivity index (χ0v) is 15.2. The molecule has 0 aliphatic heterocycles. The fraction of sp³-hybridized carbons (Fsp3) is 0.182. The third kappa shape index (κ3) is 5.14. The number of anilines is 1. The van der Waals surface area contributed by atoms with Gasteiger partial charge < -0.3 is 10.6 Å². The van der Waals surface area contributed by atoms with Crippen molar-refractivity contribution in [3.63, 3.8) is 0 Å². The summed E-state index contributed by atoms with van der Waals surface area (Å²) in [7, 11) is 0. The van der Waals surface area contributed by atoms with E-state index in [0.717, 1.165) is 11.1 Å². The third-order valence-corrected chi connectivity index (χ3v) is 4.38. The number of nitrogens with zero attached hydrogens (tertiary/aromatic N) is 1. The molecule has 4 nitrogen and oxygen atoms in total. The number of halogens is 1. The highest BCUT2D eigenvalue weighted by molar-refractivity contribution is 5.94. The standard InChI is InChI=1S/C22H22FN3O/c1-16-6-2-3-8-18(16)14-26-22(27)19-10-11-21(25-15-19)24-13-12-17-7-4-5-9-20(17)23/h2-11,15H,12-14H2,1H3,(H,24,25)(H,26,27). The Bertz CT molecular complexity index is 909. The van der Waals surface area contributed by atoms with Crippen molar-refractivity contribution in [2.75, 3.05) is 11.9 Å². The summed E-state index contributed by atoms with van der Waals surface area (Å²) < 4.78 is 13.6. The zero-order valence-electron chi connectivity index (χ0n) is 15.2. The van der Waals surface area contributed by atoms with E-state index in [1.165, 1.54) is 6.07 Å². The predicted octanol–water partition coefficient (Wildman–Crippen LogP) is 4.11. The topological polar surface area (TPSA) is 54.0 Å². The molecule has 0 unspecified atom stereocenters. The molecule has 0 spiro atoms. The van der Waals surface area contributed by atoms with Gasteiger partial charge in [0.2, 0.25) is 0 Å². The summed E-state index contributed by atoms with van der Waals surface area (Å²) in [6.45, 7) is 3.06. The first-order chi connectivity index (χ1) is 13.1. The summed E-state index contributed by atoms with van der Waals surface area (Å²) >= 11 is 0. The number of rotatable bonds is 7. The van der Waals surface area contributed by atoms with E-state index in [2.05, 4.69) is 15.6 Å². The van der Waals surface area contributed by atoms with Crippen molar-refractivity contribution in [1.82, 2.24) is 10.3 Å². The molecule has 0 saturated carbocycles. The van der Waals surface area contributed by atoms with E-state index in [4.69, 9.17) is 0 Å². The molecule has 3 rings (SSSR count). The highest BCUT2D eigenvalue weighted by Crippen LogP contribution is 2.10. The minimum absolute atomic E-state index is 0.163. The summed E-state index contributed by atoms with van der Waals surface area (Å²) in [6, 6.07) is 18.2. The van der Waals surface area contributed by atoms with Gasteiger partial charge in [-0.2, -0.15) is 0 Å². The molecule has 0 aliphatic carbocycles. The number of nitrogens with one attached hydrogen (secondary N) is 2. The van der Waals surface area contributed by atoms with Gasteiger partial charge in [0.25, 0.3) is 5.91 Å². The maximum absolute atomic E-state index is 13.6. The van der Waals surface area contributed by atoms with Crippen LogP contribution >= 0.6 is 0 Å². The molecule has 3 aromatic rings. The zero-order chi connectivity index (χ0) is 19.1. The number of carbonyl (C=O) groups is 1. The van der Waals surface area contributed by atoms with Crippen LogP contribution in [0, 0.1) is 12.7 Å². The van der Waals surface area contributed by atoms with Gasteiger partial charge >= 0.3 is 0 Å². The quantitative estimate of drug-likeness (QED) is 0.664. The second-order valence-electron chi connectivity index (χ2n) is 6.31. The molecule has 0 radical (unpaired) electrons. The monoisotopic (exact) mass is 363 g/mol. The van der Waals surface area contributed by atoms with Crippen LogP contribution in [-0.4, -0.2) is 17.4 Å². The van der Waals surface area contributed by atoms with E-state index in [9.17, 15) is 9.18 Å². The van der Waals surface area contributed by atoms with E-state index in [-0.39, 0.29) is 11.7 Å². The SMILES string of the molecule is Cc1ccccc1CNC(=O)c1ccc(NCCc2ccccc2F)nc1. The predicted molar refractivity (Wildman–Crippen MR) is 105 cm³/mol. The molecule has 5 heteroatoms. The normalized spacial score (nSPS) is 10.4. The number of carbonyl (C=O) groups excluding carboxylic acids is 1. The Morgan fingerprint density at radius 2 is 1.74 bits per heavy atom. The van der Waals surface area contributed by atoms with Crippen LogP contribution in [0.5, 0.6) is 0 Å². The number of pyridine rings is 1. The lowest BCUT2D eigenvalue weighted by Gasteiger charge is -2.09. The molecule has 27 heavy (non-hydrogen) atoms. The molecule has 2 N–H and O–H groups in total. The van der Waals surface area contributed by atoms with Crippen LogP contribution < -0.4 is 10.6 Å². The van der Waals surface area contributed by atoms with Gasteiger partial charge in [-0.05, 0) is 48.2 Å². The largest absolute Gasteiger partial charge is 0.370 e. The van der Waals surface area contributed by atoms with Crippen LogP contribution in [0.4, 0.5) is 10.2 Å². The number of hydrogen-bond acceptors (Lipinski definition) is 3. The maximum atomic E-state index is 13.6. The summed E-state index contributed by atoms with van der Waals surface area (Å²) in [5.74, 6) is 0.290. The maximum Gasteiger partial charge on any atom is 0.253 e. The molecule has 1 aromatic heterocycles. The van der Waals surface area contributed by atoms with Gasteiger partial charge in [0.05, 0.1) is 5.56 Å². The number of hydrogen-bond donors (Lipinski definition) is 2. The van der Waals surface area contributed by atoms with Crippen molar-refractivity contribution in [3.05, 3.63) is 94.9 Å². The molecule has 0 fully saturated rings. The summed E-state index contributed by atoms with van der Waals surface area (Å²) in [6.07, 6.45) is 2.10. The van der Waals surface area contributed by atoms with Crippen LogP contribution in [0.1, 0.15) is 27.0 Å². The van der Waals surface area contributed by atoms with Crippen LogP contribution in [0.15, 0.2) is 66.9 Å². The van der Waals surface area contributed by atoms with Crippen LogP contribution in [0.2, 0.25) is 0 Å². The average molecular weight is 363 g/mol. The van der Waals surface area contributed by atoms with Crippen molar-refractivity contribution in [2.45, 2.75) is 19.9 Å². The van der Waals surface area contributed by atoms with Gasteiger partial charge in [0.15, 0.2) is 0 Å². The Morgan fingerprint density at radius 3 is 2.44 bits per heavy atom. The molecular weight excluding hydrogens is 341 g/mol. The lowest BCUT2D eigenvalue weighted by Crippen LogP contribution is -2.23. The Balaban J connectivity index is 1.50. The van der Waals surface area contributed by atoms with Crippen LogP contribution in [0.3, 0.4) is 0 Å². The molecular formula is C22H22FN3O. The molecule has 1 heterocycles. The number of aromatic nitrogens is 1. The van der Waals surface area contributed by atoms with E-state index in [1.807, 2.05) is 37.3 Å². The van der Waals surface area contributed by atoms with Gasteiger partial charge in [-0.15, -0.1) is 0 Å². The Kier molecular flexibility index (Phi) is 6.15. The van der Waals surface area contributed by atoms with Crippen LogP contribution in [0.25, 0.3) is 0 Å². The first-order valence-electron chi connectivity index (χ1n) is 8.89. The first kappa shape index (κ1) is 18.6. The lowest BCUT2D eigenvalue weighted by molar-refractivity contribution is 0.0950. The molecule has 2 aromatic carbocycles. The fourth-order valence-electron chi connectivity index (χ4n) is 2.75. The molecule has 0 aliphatic rings. The van der Waals surface area contributed by atoms with Gasteiger partial charge in [-0.3, -0.25) is 4.79 Å². The van der Waals surface area contributed by atoms with Crippen molar-refractivity contribution < 1.29 is 9.18 Å². The van der Waals surface area contributed by atoms with Crippen molar-refractivity contribution >= 4 is 11.7 Å². The lowest BCUT2D eigenvalue weighted by atomic mass is 10.1. The Labute approximate surface area is 158 Å². The number of amides is 1. The van der Waals surface area contributed by atoms with E-state index >= 15 is 0 Å². The van der Waals surface area contributed by atoms with E-state index < -0.39 is 0 Å². The van der Waals surface area contributed by atoms with Crippen molar-refractivity contribution in [1.29, 1.82) is 0 Å². The second kappa shape index (κ2) is 8.94. The first-order valence-corrected chi connectivity index (χ1v) is 8.89. The smallest absolute Gasteiger partial charge is 0.253 e. The summed E-state index contributed by atoms with van der Waals surface area (Å²) in [5, 5.41) is 6.05. The Hall–Kier alpha value is -3.21. The molecule has 1 amide bonds. The highest BCUT2D eigenvalue weighted by atomic mass is 19.1. The highest BCUT2D eigenvalue weighted by Gasteiger charge is 2.07. The minimum Gasteiger partial charge on any atom is -0.370 e. The van der Waals surface area contributed by atoms with Gasteiger partial charge in [0, 0.05) is 19.3 Å². The molecule has 0 atom stereocenters. The average Bonchev–Trinajstić information content (AvgIpc) is 2.69. The van der Waals surface area contributed by atoms with Crippen LogP contribution in [-0.2, 0) is 13.0 Å². The second-order valence-corrected chi connectivity index (χ2v) is 6.31. The molecule has 0 saturated heterocycles. The van der Waals surface area contributed by atoms with E-state index in [0.29, 0.717) is 36.5 Å². The van der Waals surface area contributed by atoms with Gasteiger partial charge in [-0.1, -0.05) is 42.5 Å². The van der Waals surface area contributed by atoms with Gasteiger partial charge in [-0.25, -0.2) is 9.37 Å².